The van der Waals surface area contributed by atoms with E-state index in [1.807, 2.05) is 25.3 Å². The molecule has 0 aliphatic heterocycles. The van der Waals surface area contributed by atoms with E-state index in [1.54, 1.807) is 6.20 Å². The van der Waals surface area contributed by atoms with Gasteiger partial charge < -0.3 is 15.3 Å². The summed E-state index contributed by atoms with van der Waals surface area (Å²) in [6.07, 6.45) is 9.81. The number of aliphatic hydroxyl groups excluding tert-OH is 2. The highest BCUT2D eigenvalue weighted by molar-refractivity contribution is 5.92. The largest absolute Gasteiger partial charge is 0.390 e. The molecule has 4 aliphatic carbocycles. The maximum Gasteiger partial charge on any atom is 0.141 e. The third kappa shape index (κ3) is 3.39. The molecule has 2 aromatic rings. The van der Waals surface area contributed by atoms with Crippen molar-refractivity contribution >= 4 is 16.6 Å². The number of hydrogen-bond acceptors (Lipinski definition) is 5. The molecule has 3 N–H and O–H groups in total. The normalized spacial score (nSPS) is 40.9. The zero-order valence-corrected chi connectivity index (χ0v) is 20.5. The van der Waals surface area contributed by atoms with Crippen LogP contribution in [0.1, 0.15) is 63.9 Å². The van der Waals surface area contributed by atoms with E-state index >= 15 is 0 Å². The summed E-state index contributed by atoms with van der Waals surface area (Å²) in [7, 11) is 0. The van der Waals surface area contributed by atoms with E-state index in [-0.39, 0.29) is 29.1 Å². The summed E-state index contributed by atoms with van der Waals surface area (Å²) in [5.41, 5.74) is 1.47. The molecule has 2 saturated carbocycles. The number of aromatic nitrogens is 1. The number of nitrogens with zero attached hydrogens (tertiary/aromatic N) is 1. The van der Waals surface area contributed by atoms with Gasteiger partial charge in [0.1, 0.15) is 11.9 Å². The van der Waals surface area contributed by atoms with E-state index in [4.69, 9.17) is 0 Å². The number of fused-ring (bicyclic) bond motifs is 5. The maximum atomic E-state index is 13.6. The van der Waals surface area contributed by atoms with Crippen molar-refractivity contribution in [1.29, 1.82) is 0 Å². The van der Waals surface area contributed by atoms with E-state index in [0.29, 0.717) is 30.6 Å². The number of ketones is 1. The van der Waals surface area contributed by atoms with Gasteiger partial charge in [0, 0.05) is 30.1 Å². The van der Waals surface area contributed by atoms with Crippen LogP contribution < -0.4 is 0 Å². The Labute approximate surface area is 206 Å². The average Bonchev–Trinajstić information content (AvgIpc) is 3.02. The summed E-state index contributed by atoms with van der Waals surface area (Å²) in [5.74, 6) is 0.370. The van der Waals surface area contributed by atoms with Gasteiger partial charge in [0.15, 0.2) is 0 Å². The molecule has 0 bridgehead atoms. The van der Waals surface area contributed by atoms with Crippen molar-refractivity contribution < 1.29 is 20.1 Å². The monoisotopic (exact) mass is 473 g/mol. The lowest BCUT2D eigenvalue weighted by molar-refractivity contribution is -0.119. The average molecular weight is 474 g/mol. The molecule has 35 heavy (non-hydrogen) atoms. The third-order valence-corrected chi connectivity index (χ3v) is 9.92. The summed E-state index contributed by atoms with van der Waals surface area (Å²) in [5, 5.41) is 35.5. The number of carbonyl (C=O) groups is 1. The van der Waals surface area contributed by atoms with Crippen molar-refractivity contribution in [3.8, 4) is 0 Å². The predicted octanol–water partition coefficient (Wildman–Crippen LogP) is 4.46. The van der Waals surface area contributed by atoms with Gasteiger partial charge in [-0.15, -0.1) is 0 Å². The molecule has 0 spiro atoms. The standard InChI is InChI=1S/C30H35NO4/c1-3-17-15-30(35)10-7-22-19(13-24(30)28(34)27(17)33)6-9-29(2)23(22)14-25(32)26(29)20-5-4-18-8-11-31-16-21(18)12-20/h4-6,8,11-13,16-17,22-23,26-28,33-35H,3,7,9-10,14-15H2,1-2H3. The molecular weight excluding hydrogens is 438 g/mol. The smallest absolute Gasteiger partial charge is 0.141 e. The second-order valence-electron chi connectivity index (χ2n) is 11.7. The Balaban J connectivity index is 1.37. The molecule has 1 aromatic heterocycles. The summed E-state index contributed by atoms with van der Waals surface area (Å²) < 4.78 is 0. The van der Waals surface area contributed by atoms with Crippen molar-refractivity contribution in [1.82, 2.24) is 4.98 Å². The first-order chi connectivity index (χ1) is 16.7. The quantitative estimate of drug-likeness (QED) is 0.599. The minimum atomic E-state index is -1.10. The fraction of sp³-hybridized carbons (Fsp3) is 0.533. The van der Waals surface area contributed by atoms with Crippen LogP contribution in [-0.4, -0.2) is 43.9 Å². The van der Waals surface area contributed by atoms with Crippen LogP contribution in [0.25, 0.3) is 10.8 Å². The highest BCUT2D eigenvalue weighted by Crippen LogP contribution is 2.61. The van der Waals surface area contributed by atoms with E-state index in [2.05, 4.69) is 36.2 Å². The molecule has 5 heteroatoms. The molecular formula is C30H35NO4. The number of hydrogen-bond donors (Lipinski definition) is 3. The van der Waals surface area contributed by atoms with E-state index in [1.165, 1.54) is 0 Å². The van der Waals surface area contributed by atoms with Crippen LogP contribution >= 0.6 is 0 Å². The van der Waals surface area contributed by atoms with Crippen LogP contribution in [0.5, 0.6) is 0 Å². The molecule has 0 amide bonds. The maximum absolute atomic E-state index is 13.6. The van der Waals surface area contributed by atoms with Gasteiger partial charge in [0.25, 0.3) is 0 Å². The molecule has 8 unspecified atom stereocenters. The van der Waals surface area contributed by atoms with Gasteiger partial charge in [0.2, 0.25) is 0 Å². The third-order valence-electron chi connectivity index (χ3n) is 9.92. The fourth-order valence-corrected chi connectivity index (χ4v) is 7.94. The first kappa shape index (κ1) is 23.1. The number of Topliss-reactive ketones (excluding diaryl/α,β-unsaturated/α-hetero) is 1. The molecule has 6 rings (SSSR count). The predicted molar refractivity (Wildman–Crippen MR) is 135 cm³/mol. The molecule has 8 atom stereocenters. The second kappa shape index (κ2) is 8.09. The molecule has 184 valence electrons. The molecule has 1 aromatic carbocycles. The number of carbonyl (C=O) groups excluding carboxylic acids is 1. The first-order valence-corrected chi connectivity index (χ1v) is 13.1. The SMILES string of the molecule is CCC1CC2(O)CCC3C(=CCC4(C)C(c5ccc6ccncc6c5)C(=O)CC34)C=C2C(O)C1O. The minimum Gasteiger partial charge on any atom is -0.390 e. The van der Waals surface area contributed by atoms with Gasteiger partial charge in [0.05, 0.1) is 11.7 Å². The molecule has 1 heterocycles. The lowest BCUT2D eigenvalue weighted by Gasteiger charge is -2.44. The Bertz CT molecular complexity index is 1250. The van der Waals surface area contributed by atoms with Crippen molar-refractivity contribution in [3.63, 3.8) is 0 Å². The molecule has 2 fully saturated rings. The lowest BCUT2D eigenvalue weighted by Crippen LogP contribution is -2.51. The van der Waals surface area contributed by atoms with Crippen molar-refractivity contribution in [2.24, 2.45) is 23.2 Å². The molecule has 0 radical (unpaired) electrons. The summed E-state index contributed by atoms with van der Waals surface area (Å²) in [4.78, 5) is 17.8. The van der Waals surface area contributed by atoms with Crippen molar-refractivity contribution in [2.45, 2.75) is 76.1 Å². The summed E-state index contributed by atoms with van der Waals surface area (Å²) in [6.45, 7) is 4.26. The lowest BCUT2D eigenvalue weighted by atomic mass is 9.60. The van der Waals surface area contributed by atoms with Gasteiger partial charge >= 0.3 is 0 Å². The van der Waals surface area contributed by atoms with E-state index < -0.39 is 17.8 Å². The summed E-state index contributed by atoms with van der Waals surface area (Å²) in [6, 6.07) is 8.32. The highest BCUT2D eigenvalue weighted by atomic mass is 16.3. The zero-order valence-electron chi connectivity index (χ0n) is 20.5. The van der Waals surface area contributed by atoms with Crippen molar-refractivity contribution in [3.05, 3.63) is 65.5 Å². The van der Waals surface area contributed by atoms with Gasteiger partial charge in [-0.25, -0.2) is 0 Å². The van der Waals surface area contributed by atoms with Crippen LogP contribution in [0.2, 0.25) is 0 Å². The molecule has 0 saturated heterocycles. The van der Waals surface area contributed by atoms with Crippen LogP contribution in [0.3, 0.4) is 0 Å². The van der Waals surface area contributed by atoms with E-state index in [9.17, 15) is 20.1 Å². The summed E-state index contributed by atoms with van der Waals surface area (Å²) >= 11 is 0. The Kier molecular flexibility index (Phi) is 5.33. The van der Waals surface area contributed by atoms with E-state index in [0.717, 1.165) is 41.2 Å². The molecule has 5 nitrogen and oxygen atoms in total. The Morgan fingerprint density at radius 2 is 2.00 bits per heavy atom. The highest BCUT2D eigenvalue weighted by Gasteiger charge is 2.57. The Hall–Kier alpha value is -2.34. The Morgan fingerprint density at radius 3 is 2.80 bits per heavy atom. The molecule has 4 aliphatic rings. The minimum absolute atomic E-state index is 0.119. The second-order valence-corrected chi connectivity index (χ2v) is 11.7. The van der Waals surface area contributed by atoms with Gasteiger partial charge in [-0.05, 0) is 83.1 Å². The van der Waals surface area contributed by atoms with Gasteiger partial charge in [-0.3, -0.25) is 9.78 Å². The fourth-order valence-electron chi connectivity index (χ4n) is 7.94. The first-order valence-electron chi connectivity index (χ1n) is 13.1. The van der Waals surface area contributed by atoms with Gasteiger partial charge in [-0.1, -0.05) is 44.6 Å². The number of allylic oxidation sites excluding steroid dienone is 3. The number of rotatable bonds is 2. The number of pyridine rings is 1. The number of aliphatic hydroxyl groups is 3. The Morgan fingerprint density at radius 1 is 1.17 bits per heavy atom. The van der Waals surface area contributed by atoms with Crippen molar-refractivity contribution in [2.75, 3.05) is 0 Å². The van der Waals surface area contributed by atoms with Gasteiger partial charge in [-0.2, -0.15) is 0 Å². The topological polar surface area (TPSA) is 90.7 Å². The van der Waals surface area contributed by atoms with Crippen LogP contribution in [0.4, 0.5) is 0 Å². The number of benzene rings is 1. The zero-order chi connectivity index (χ0) is 24.5. The van der Waals surface area contributed by atoms with Crippen LogP contribution in [0.15, 0.2) is 60.0 Å². The van der Waals surface area contributed by atoms with Crippen LogP contribution in [0, 0.1) is 23.2 Å². The van der Waals surface area contributed by atoms with Crippen LogP contribution in [-0.2, 0) is 4.79 Å².